The summed E-state index contributed by atoms with van der Waals surface area (Å²) in [6.45, 7) is 8.38. The summed E-state index contributed by atoms with van der Waals surface area (Å²) in [4.78, 5) is 29.4. The highest BCUT2D eigenvalue weighted by Gasteiger charge is 2.40. The average molecular weight is 789 g/mol. The molecule has 1 aliphatic heterocycles. The quantitative estimate of drug-likeness (QED) is 0.109. The maximum Gasteiger partial charge on any atom is 0.256 e. The molecular formula is C44H48Cl2FN3O5. The third kappa shape index (κ3) is 10.6. The lowest BCUT2D eigenvalue weighted by Crippen LogP contribution is -2.45. The summed E-state index contributed by atoms with van der Waals surface area (Å²) in [5.74, 6) is -0.252. The molecule has 0 aromatic heterocycles. The minimum absolute atomic E-state index is 0. The molecule has 0 saturated heterocycles. The van der Waals surface area contributed by atoms with Crippen molar-refractivity contribution in [2.24, 2.45) is 5.41 Å². The van der Waals surface area contributed by atoms with Crippen LogP contribution in [0, 0.1) is 11.2 Å². The molecule has 1 heterocycles. The standard InChI is InChI=1S/C44H47ClFN3O5.ClH/c1-44(2,3)28-49-37-20-19-33(45)24-35(37)41(54-39(43(49)51)25-40(50)48-27-32-13-7-8-15-36(32)46)34-14-9-16-38(42(34)52-4)53-22-10-21-47-26-29-17-18-30-11-5-6-12-31(30)23-29;/h5-9,11-20,23-24,39,41,47H,10,21-22,25-28H2,1-4H3,(H,48,50);1H. The minimum atomic E-state index is -1.17. The van der Waals surface area contributed by atoms with E-state index in [-0.39, 0.29) is 36.7 Å². The van der Waals surface area contributed by atoms with Crippen LogP contribution in [0.3, 0.4) is 0 Å². The van der Waals surface area contributed by atoms with E-state index in [9.17, 15) is 14.0 Å². The summed E-state index contributed by atoms with van der Waals surface area (Å²) in [5, 5.41) is 9.17. The van der Waals surface area contributed by atoms with Crippen LogP contribution in [-0.4, -0.2) is 44.7 Å². The number of amides is 2. The first-order valence-electron chi connectivity index (χ1n) is 18.3. The van der Waals surface area contributed by atoms with E-state index in [0.29, 0.717) is 52.1 Å². The van der Waals surface area contributed by atoms with Gasteiger partial charge in [-0.1, -0.05) is 99.1 Å². The van der Waals surface area contributed by atoms with Gasteiger partial charge in [-0.25, -0.2) is 4.39 Å². The first-order chi connectivity index (χ1) is 26.0. The lowest BCUT2D eigenvalue weighted by molar-refractivity contribution is -0.138. The van der Waals surface area contributed by atoms with Gasteiger partial charge in [-0.3, -0.25) is 9.59 Å². The monoisotopic (exact) mass is 787 g/mol. The molecular weight excluding hydrogens is 740 g/mol. The topological polar surface area (TPSA) is 89.1 Å². The smallest absolute Gasteiger partial charge is 0.256 e. The van der Waals surface area contributed by atoms with Gasteiger partial charge in [0.15, 0.2) is 11.5 Å². The van der Waals surface area contributed by atoms with E-state index >= 15 is 0 Å². The predicted molar refractivity (Wildman–Crippen MR) is 219 cm³/mol. The van der Waals surface area contributed by atoms with E-state index in [2.05, 4.69) is 41.0 Å². The van der Waals surface area contributed by atoms with Crippen LogP contribution in [0.2, 0.25) is 5.02 Å². The molecule has 0 saturated carbocycles. The molecule has 0 aliphatic carbocycles. The Hall–Kier alpha value is -4.67. The zero-order valence-corrected chi connectivity index (χ0v) is 33.1. The van der Waals surface area contributed by atoms with E-state index in [1.165, 1.54) is 22.4 Å². The molecule has 0 bridgehead atoms. The Labute approximate surface area is 333 Å². The van der Waals surface area contributed by atoms with Crippen LogP contribution < -0.4 is 25.0 Å². The first-order valence-corrected chi connectivity index (χ1v) is 18.6. The largest absolute Gasteiger partial charge is 0.492 e. The highest BCUT2D eigenvalue weighted by Crippen LogP contribution is 2.45. The molecule has 0 radical (unpaired) electrons. The van der Waals surface area contributed by atoms with Crippen molar-refractivity contribution < 1.29 is 28.2 Å². The first kappa shape index (κ1) is 41.5. The number of nitrogens with one attached hydrogen (secondary N) is 2. The Kier molecular flexibility index (Phi) is 14.2. The number of hydrogen-bond acceptors (Lipinski definition) is 6. The fourth-order valence-electron chi connectivity index (χ4n) is 6.69. The third-order valence-electron chi connectivity index (χ3n) is 9.24. The number of rotatable bonds is 14. The third-order valence-corrected chi connectivity index (χ3v) is 9.47. The summed E-state index contributed by atoms with van der Waals surface area (Å²) in [5.41, 5.74) is 3.17. The van der Waals surface area contributed by atoms with Crippen molar-refractivity contribution in [1.82, 2.24) is 10.6 Å². The number of carbonyl (C=O) groups is 2. The summed E-state index contributed by atoms with van der Waals surface area (Å²) in [6.07, 6.45) is -1.55. The zero-order valence-electron chi connectivity index (χ0n) is 31.6. The van der Waals surface area contributed by atoms with Gasteiger partial charge in [0, 0.05) is 47.0 Å². The van der Waals surface area contributed by atoms with Gasteiger partial charge in [0.25, 0.3) is 5.91 Å². The molecule has 6 rings (SSSR count). The Balaban J connectivity index is 0.00000580. The van der Waals surface area contributed by atoms with Gasteiger partial charge in [0.1, 0.15) is 18.0 Å². The molecule has 2 N–H and O–H groups in total. The maximum atomic E-state index is 14.4. The van der Waals surface area contributed by atoms with Gasteiger partial charge in [0.05, 0.1) is 20.1 Å². The summed E-state index contributed by atoms with van der Waals surface area (Å²) in [7, 11) is 1.57. The molecule has 5 aromatic carbocycles. The van der Waals surface area contributed by atoms with Crippen LogP contribution in [0.15, 0.2) is 103 Å². The number of halogens is 3. The van der Waals surface area contributed by atoms with Crippen molar-refractivity contribution in [2.75, 3.05) is 31.7 Å². The maximum absolute atomic E-state index is 14.4. The normalized spacial score (nSPS) is 15.5. The zero-order chi connectivity index (χ0) is 38.2. The molecule has 11 heteroatoms. The number of nitrogens with zero attached hydrogens (tertiary/aromatic N) is 1. The van der Waals surface area contributed by atoms with Crippen LogP contribution in [-0.2, 0) is 27.4 Å². The average Bonchev–Trinajstić information content (AvgIpc) is 3.25. The van der Waals surface area contributed by atoms with Crippen molar-refractivity contribution in [3.05, 3.63) is 136 Å². The number of hydrogen-bond donors (Lipinski definition) is 2. The second-order valence-corrected chi connectivity index (χ2v) is 15.1. The number of methoxy groups -OCH3 is 1. The Morgan fingerprint density at radius 1 is 0.909 bits per heavy atom. The van der Waals surface area contributed by atoms with Crippen molar-refractivity contribution in [1.29, 1.82) is 0 Å². The number of ether oxygens (including phenoxy) is 3. The van der Waals surface area contributed by atoms with Crippen LogP contribution >= 0.6 is 24.0 Å². The molecule has 2 unspecified atom stereocenters. The Morgan fingerprint density at radius 2 is 1.67 bits per heavy atom. The SMILES string of the molecule is COc1c(OCCCNCc2ccc3ccccc3c2)cccc1C1OC(CC(=O)NCc2ccccc2F)C(=O)N(CC(C)(C)C)c2ccc(Cl)cc21.Cl. The molecule has 5 aromatic rings. The van der Waals surface area contributed by atoms with Gasteiger partial charge in [0.2, 0.25) is 5.91 Å². The van der Waals surface area contributed by atoms with Crippen LogP contribution in [0.1, 0.15) is 62.0 Å². The summed E-state index contributed by atoms with van der Waals surface area (Å²) in [6, 6.07) is 32.0. The van der Waals surface area contributed by atoms with Gasteiger partial charge in [-0.2, -0.15) is 0 Å². The van der Waals surface area contributed by atoms with Crippen LogP contribution in [0.4, 0.5) is 10.1 Å². The molecule has 0 fully saturated rings. The fraction of sp³-hybridized carbons (Fsp3) is 0.318. The van der Waals surface area contributed by atoms with Crippen molar-refractivity contribution >= 4 is 52.3 Å². The second kappa shape index (κ2) is 18.8. The second-order valence-electron chi connectivity index (χ2n) is 14.7. The molecule has 1 aliphatic rings. The van der Waals surface area contributed by atoms with E-state index in [1.54, 1.807) is 42.3 Å². The van der Waals surface area contributed by atoms with Gasteiger partial charge < -0.3 is 29.7 Å². The molecule has 8 nitrogen and oxygen atoms in total. The van der Waals surface area contributed by atoms with E-state index < -0.39 is 23.9 Å². The van der Waals surface area contributed by atoms with Gasteiger partial charge >= 0.3 is 0 Å². The minimum Gasteiger partial charge on any atom is -0.492 e. The van der Waals surface area contributed by atoms with Crippen LogP contribution in [0.5, 0.6) is 11.5 Å². The lowest BCUT2D eigenvalue weighted by atomic mass is 9.94. The molecule has 290 valence electrons. The molecule has 2 amide bonds. The Morgan fingerprint density at radius 3 is 2.44 bits per heavy atom. The number of carbonyl (C=O) groups excluding carboxylic acids is 2. The van der Waals surface area contributed by atoms with E-state index in [1.807, 2.05) is 57.2 Å². The fourth-order valence-corrected chi connectivity index (χ4v) is 6.87. The van der Waals surface area contributed by atoms with Crippen molar-refractivity contribution in [3.8, 4) is 11.5 Å². The van der Waals surface area contributed by atoms with E-state index in [0.717, 1.165) is 19.5 Å². The summed E-state index contributed by atoms with van der Waals surface area (Å²) >= 11 is 6.60. The number of fused-ring (bicyclic) bond motifs is 2. The molecule has 2 atom stereocenters. The Bertz CT molecular complexity index is 2110. The summed E-state index contributed by atoms with van der Waals surface area (Å²) < 4.78 is 33.2. The molecule has 55 heavy (non-hydrogen) atoms. The van der Waals surface area contributed by atoms with E-state index in [4.69, 9.17) is 25.8 Å². The number of anilines is 1. The lowest BCUT2D eigenvalue weighted by Gasteiger charge is -2.31. The highest BCUT2D eigenvalue weighted by atomic mass is 35.5. The van der Waals surface area contributed by atoms with Gasteiger partial charge in [-0.15, -0.1) is 12.4 Å². The number of benzene rings is 5. The predicted octanol–water partition coefficient (Wildman–Crippen LogP) is 9.20. The number of para-hydroxylation sites is 1. The molecule has 0 spiro atoms. The van der Waals surface area contributed by atoms with Crippen molar-refractivity contribution in [2.45, 2.75) is 58.9 Å². The van der Waals surface area contributed by atoms with Crippen LogP contribution in [0.25, 0.3) is 10.8 Å². The van der Waals surface area contributed by atoms with Gasteiger partial charge in [-0.05, 0) is 71.1 Å². The highest BCUT2D eigenvalue weighted by molar-refractivity contribution is 6.30. The van der Waals surface area contributed by atoms with Crippen molar-refractivity contribution in [3.63, 3.8) is 0 Å².